The van der Waals surface area contributed by atoms with Gasteiger partial charge in [-0.25, -0.2) is 8.78 Å². The number of epoxide rings is 1. The molecular formula is C8H15F2O4P. The second-order valence-corrected chi connectivity index (χ2v) is 5.49. The van der Waals surface area contributed by atoms with E-state index in [1.807, 2.05) is 0 Å². The molecule has 0 radical (unpaired) electrons. The smallest absolute Gasteiger partial charge is 0.356 e. The molecule has 0 aromatic heterocycles. The van der Waals surface area contributed by atoms with Crippen molar-refractivity contribution in [2.45, 2.75) is 32.0 Å². The molecule has 4 nitrogen and oxygen atoms in total. The molecule has 1 fully saturated rings. The summed E-state index contributed by atoms with van der Waals surface area (Å²) in [5.74, 6) is 0. The summed E-state index contributed by atoms with van der Waals surface area (Å²) in [5.41, 5.74) is 0. The summed E-state index contributed by atoms with van der Waals surface area (Å²) < 4.78 is 51.5. The van der Waals surface area contributed by atoms with Gasteiger partial charge in [0, 0.05) is 0 Å². The summed E-state index contributed by atoms with van der Waals surface area (Å²) in [7, 11) is -3.57. The third-order valence-electron chi connectivity index (χ3n) is 2.05. The first-order valence-electron chi connectivity index (χ1n) is 4.81. The molecule has 0 N–H and O–H groups in total. The highest BCUT2D eigenvalue weighted by Crippen LogP contribution is 2.68. The summed E-state index contributed by atoms with van der Waals surface area (Å²) >= 11 is 0. The van der Waals surface area contributed by atoms with Crippen LogP contribution in [-0.4, -0.2) is 31.6 Å². The maximum absolute atomic E-state index is 12.3. The molecule has 0 unspecified atom stereocenters. The number of hydrogen-bond acceptors (Lipinski definition) is 4. The fraction of sp³-hybridized carbons (Fsp3) is 1.00. The van der Waals surface area contributed by atoms with Crippen LogP contribution in [0.4, 0.5) is 8.78 Å². The monoisotopic (exact) mass is 244 g/mol. The molecule has 0 aromatic rings. The summed E-state index contributed by atoms with van der Waals surface area (Å²) in [6, 6.07) is 0. The van der Waals surface area contributed by atoms with Crippen LogP contribution in [0.5, 0.6) is 0 Å². The lowest BCUT2D eigenvalue weighted by Crippen LogP contribution is -2.19. The van der Waals surface area contributed by atoms with Crippen LogP contribution in [0, 0.1) is 0 Å². The van der Waals surface area contributed by atoms with Crippen LogP contribution in [-0.2, 0) is 18.3 Å². The summed E-state index contributed by atoms with van der Waals surface area (Å²) in [6.45, 7) is 3.56. The van der Waals surface area contributed by atoms with E-state index in [9.17, 15) is 13.3 Å². The Hall–Kier alpha value is -0.0300. The Kier molecular flexibility index (Phi) is 4.23. The fourth-order valence-electron chi connectivity index (χ4n) is 1.32. The maximum atomic E-state index is 12.3. The quantitative estimate of drug-likeness (QED) is 0.510. The molecule has 1 atom stereocenters. The largest absolute Gasteiger partial charge is 0.364 e. The lowest BCUT2D eigenvalue weighted by molar-refractivity contribution is 0.101. The van der Waals surface area contributed by atoms with Gasteiger partial charge in [0.05, 0.1) is 26.2 Å². The zero-order valence-electron chi connectivity index (χ0n) is 8.74. The van der Waals surface area contributed by atoms with E-state index in [0.717, 1.165) is 0 Å². The zero-order chi connectivity index (χ0) is 11.5. The van der Waals surface area contributed by atoms with Crippen LogP contribution in [0.2, 0.25) is 0 Å². The average molecular weight is 244 g/mol. The summed E-state index contributed by atoms with van der Waals surface area (Å²) in [4.78, 5) is 0. The minimum Gasteiger partial charge on any atom is -0.356 e. The van der Waals surface area contributed by atoms with Gasteiger partial charge in [0.1, 0.15) is 0 Å². The number of alkyl halides is 2. The molecule has 0 aliphatic carbocycles. The van der Waals surface area contributed by atoms with E-state index in [-0.39, 0.29) is 19.8 Å². The van der Waals surface area contributed by atoms with Crippen molar-refractivity contribution in [2.75, 3.05) is 19.8 Å². The van der Waals surface area contributed by atoms with Crippen molar-refractivity contribution in [3.8, 4) is 0 Å². The van der Waals surface area contributed by atoms with E-state index >= 15 is 0 Å². The lowest BCUT2D eigenvalue weighted by Gasteiger charge is -2.22. The molecule has 15 heavy (non-hydrogen) atoms. The Morgan fingerprint density at radius 3 is 2.13 bits per heavy atom. The van der Waals surface area contributed by atoms with Gasteiger partial charge in [-0.2, -0.15) is 0 Å². The average Bonchev–Trinajstić information content (AvgIpc) is 2.85. The van der Waals surface area contributed by atoms with Crippen LogP contribution in [0.25, 0.3) is 0 Å². The highest BCUT2D eigenvalue weighted by Gasteiger charge is 2.63. The van der Waals surface area contributed by atoms with Gasteiger partial charge in [0.15, 0.2) is 5.34 Å². The first kappa shape index (κ1) is 13.0. The van der Waals surface area contributed by atoms with Crippen LogP contribution in [0.15, 0.2) is 0 Å². The number of rotatable bonds is 7. The predicted molar refractivity (Wildman–Crippen MR) is 50.2 cm³/mol. The van der Waals surface area contributed by atoms with E-state index in [1.54, 1.807) is 13.8 Å². The molecular weight excluding hydrogens is 229 g/mol. The highest BCUT2D eigenvalue weighted by atomic mass is 31.2. The van der Waals surface area contributed by atoms with Gasteiger partial charge in [0.25, 0.3) is 0 Å². The minimum atomic E-state index is -3.57. The van der Waals surface area contributed by atoms with Gasteiger partial charge in [0.2, 0.25) is 6.43 Å². The third-order valence-corrected chi connectivity index (χ3v) is 4.68. The SMILES string of the molecule is CCOP(=O)(OCC)[C@]1(CC(F)F)CO1. The van der Waals surface area contributed by atoms with E-state index in [0.29, 0.717) is 0 Å². The first-order valence-corrected chi connectivity index (χ1v) is 6.35. The van der Waals surface area contributed by atoms with Crippen LogP contribution in [0.3, 0.4) is 0 Å². The Bertz CT molecular complexity index is 245. The van der Waals surface area contributed by atoms with Crippen LogP contribution in [0.1, 0.15) is 20.3 Å². The maximum Gasteiger partial charge on any atom is 0.364 e. The summed E-state index contributed by atoms with van der Waals surface area (Å²) in [5, 5.41) is -1.41. The molecule has 0 spiro atoms. The molecule has 90 valence electrons. The third kappa shape index (κ3) is 2.75. The van der Waals surface area contributed by atoms with E-state index in [2.05, 4.69) is 0 Å². The van der Waals surface area contributed by atoms with Crippen molar-refractivity contribution in [1.82, 2.24) is 0 Å². The second kappa shape index (κ2) is 4.87. The second-order valence-electron chi connectivity index (χ2n) is 3.16. The number of ether oxygens (including phenoxy) is 1. The van der Waals surface area contributed by atoms with Crippen molar-refractivity contribution in [3.63, 3.8) is 0 Å². The van der Waals surface area contributed by atoms with Gasteiger partial charge in [-0.15, -0.1) is 0 Å². The molecule has 7 heteroatoms. The van der Waals surface area contributed by atoms with Gasteiger partial charge in [-0.3, -0.25) is 4.57 Å². The molecule has 1 aliphatic rings. The van der Waals surface area contributed by atoms with Crippen molar-refractivity contribution >= 4 is 7.60 Å². The Morgan fingerprint density at radius 1 is 1.40 bits per heavy atom. The molecule has 0 aromatic carbocycles. The van der Waals surface area contributed by atoms with E-state index in [1.165, 1.54) is 0 Å². The molecule has 1 saturated heterocycles. The normalized spacial score (nSPS) is 25.9. The molecule has 0 amide bonds. The van der Waals surface area contributed by atoms with Crippen LogP contribution >= 0.6 is 7.60 Å². The highest BCUT2D eigenvalue weighted by molar-refractivity contribution is 7.55. The van der Waals surface area contributed by atoms with Crippen molar-refractivity contribution in [2.24, 2.45) is 0 Å². The van der Waals surface area contributed by atoms with Gasteiger partial charge < -0.3 is 13.8 Å². The summed E-state index contributed by atoms with van der Waals surface area (Å²) in [6.07, 6.45) is -3.19. The first-order chi connectivity index (χ1) is 6.99. The van der Waals surface area contributed by atoms with Crippen molar-refractivity contribution in [3.05, 3.63) is 0 Å². The van der Waals surface area contributed by atoms with Gasteiger partial charge >= 0.3 is 7.60 Å². The Morgan fingerprint density at radius 2 is 1.87 bits per heavy atom. The Labute approximate surface area is 87.4 Å². The number of halogens is 2. The molecule has 1 heterocycles. The molecule has 1 rings (SSSR count). The van der Waals surface area contributed by atoms with Crippen molar-refractivity contribution < 1.29 is 27.1 Å². The van der Waals surface area contributed by atoms with E-state index < -0.39 is 25.8 Å². The van der Waals surface area contributed by atoms with Crippen molar-refractivity contribution in [1.29, 1.82) is 0 Å². The van der Waals surface area contributed by atoms with Gasteiger partial charge in [-0.1, -0.05) is 0 Å². The minimum absolute atomic E-state index is 0.00855. The topological polar surface area (TPSA) is 48.1 Å². The standard InChI is InChI=1S/C8H15F2O4P/c1-3-13-15(11,14-4-2)8(6-12-8)5-7(9)10/h7H,3-6H2,1-2H3/t8-/m1/s1. The zero-order valence-corrected chi connectivity index (χ0v) is 9.64. The molecule has 0 bridgehead atoms. The predicted octanol–water partition coefficient (Wildman–Crippen LogP) is 2.63. The lowest BCUT2D eigenvalue weighted by atomic mass is 10.3. The molecule has 1 aliphatic heterocycles. The van der Waals surface area contributed by atoms with Crippen LogP contribution < -0.4 is 0 Å². The molecule has 0 saturated carbocycles. The number of hydrogen-bond donors (Lipinski definition) is 0. The van der Waals surface area contributed by atoms with E-state index in [4.69, 9.17) is 13.8 Å². The fourth-order valence-corrected chi connectivity index (χ4v) is 3.29. The Balaban J connectivity index is 2.75. The van der Waals surface area contributed by atoms with Gasteiger partial charge in [-0.05, 0) is 13.8 Å².